The average Bonchev–Trinajstić information content (AvgIpc) is 2.95. The maximum Gasteiger partial charge on any atom is 0.218 e. The van der Waals surface area contributed by atoms with Crippen molar-refractivity contribution in [1.29, 1.82) is 0 Å². The minimum atomic E-state index is -0.361. The molecule has 1 amide bonds. The first-order valence-corrected chi connectivity index (χ1v) is 8.42. The van der Waals surface area contributed by atoms with E-state index in [0.717, 1.165) is 26.7 Å². The fraction of sp³-hybridized carbons (Fsp3) is 0.158. The van der Waals surface area contributed by atoms with E-state index in [9.17, 15) is 9.18 Å². The molecule has 3 aromatic rings. The number of thiazole rings is 1. The van der Waals surface area contributed by atoms with Crippen LogP contribution in [0.15, 0.2) is 54.6 Å². The van der Waals surface area contributed by atoms with E-state index < -0.39 is 0 Å². The van der Waals surface area contributed by atoms with Crippen molar-refractivity contribution < 1.29 is 9.18 Å². The summed E-state index contributed by atoms with van der Waals surface area (Å²) in [6.45, 7) is 1.92. The number of halogens is 1. The number of primary amides is 1. The molecule has 1 heterocycles. The lowest BCUT2D eigenvalue weighted by molar-refractivity contribution is -0.118. The Morgan fingerprint density at radius 2 is 1.83 bits per heavy atom. The van der Waals surface area contributed by atoms with Crippen LogP contribution >= 0.6 is 11.3 Å². The molecule has 1 atom stereocenters. The molecule has 5 heteroatoms. The minimum absolute atomic E-state index is 0.165. The Morgan fingerprint density at radius 3 is 2.46 bits per heavy atom. The molecule has 24 heavy (non-hydrogen) atoms. The normalized spacial score (nSPS) is 12.1. The number of aryl methyl sites for hydroxylation is 1. The lowest BCUT2D eigenvalue weighted by atomic mass is 9.96. The highest BCUT2D eigenvalue weighted by Crippen LogP contribution is 2.37. The summed E-state index contributed by atoms with van der Waals surface area (Å²) in [4.78, 5) is 17.2. The Kier molecular flexibility index (Phi) is 4.71. The Labute approximate surface area is 144 Å². The zero-order valence-corrected chi connectivity index (χ0v) is 14.0. The molecule has 3 rings (SSSR count). The zero-order chi connectivity index (χ0) is 17.1. The number of nitrogens with zero attached hydrogens (tertiary/aromatic N) is 1. The SMILES string of the molecule is Cc1nc(C(CC(N)=O)c2ccccc2)sc1-c1ccc(F)cc1. The van der Waals surface area contributed by atoms with Gasteiger partial charge in [0.2, 0.25) is 5.91 Å². The van der Waals surface area contributed by atoms with E-state index in [-0.39, 0.29) is 24.1 Å². The first-order chi connectivity index (χ1) is 11.5. The second-order valence-corrected chi connectivity index (χ2v) is 6.64. The van der Waals surface area contributed by atoms with E-state index in [1.807, 2.05) is 37.3 Å². The topological polar surface area (TPSA) is 56.0 Å². The summed E-state index contributed by atoms with van der Waals surface area (Å²) in [6.07, 6.45) is 0.208. The summed E-state index contributed by atoms with van der Waals surface area (Å²) >= 11 is 1.52. The molecule has 0 saturated carbocycles. The van der Waals surface area contributed by atoms with Gasteiger partial charge >= 0.3 is 0 Å². The minimum Gasteiger partial charge on any atom is -0.370 e. The highest BCUT2D eigenvalue weighted by molar-refractivity contribution is 7.15. The second kappa shape index (κ2) is 6.93. The number of carbonyl (C=O) groups is 1. The summed E-state index contributed by atoms with van der Waals surface area (Å²) in [5.74, 6) is -0.793. The van der Waals surface area contributed by atoms with Crippen LogP contribution in [0.2, 0.25) is 0 Å². The predicted octanol–water partition coefficient (Wildman–Crippen LogP) is 4.26. The molecule has 1 unspecified atom stereocenters. The number of nitrogens with two attached hydrogens (primary N) is 1. The van der Waals surface area contributed by atoms with Crippen molar-refractivity contribution in [3.05, 3.63) is 76.7 Å². The monoisotopic (exact) mass is 340 g/mol. The van der Waals surface area contributed by atoms with Gasteiger partial charge in [-0.25, -0.2) is 9.37 Å². The highest BCUT2D eigenvalue weighted by Gasteiger charge is 2.22. The van der Waals surface area contributed by atoms with Gasteiger partial charge in [0.25, 0.3) is 0 Å². The molecule has 0 bridgehead atoms. The van der Waals surface area contributed by atoms with Crippen molar-refractivity contribution in [3.63, 3.8) is 0 Å². The van der Waals surface area contributed by atoms with Gasteiger partial charge in [0.1, 0.15) is 10.8 Å². The van der Waals surface area contributed by atoms with Crippen molar-refractivity contribution in [2.45, 2.75) is 19.3 Å². The summed E-state index contributed by atoms with van der Waals surface area (Å²) in [5.41, 5.74) is 8.23. The molecule has 0 fully saturated rings. The number of carbonyl (C=O) groups excluding carboxylic acids is 1. The summed E-state index contributed by atoms with van der Waals surface area (Å²) in [6, 6.07) is 16.1. The Hall–Kier alpha value is -2.53. The quantitative estimate of drug-likeness (QED) is 0.754. The van der Waals surface area contributed by atoms with Gasteiger partial charge in [-0.05, 0) is 30.2 Å². The maximum atomic E-state index is 13.1. The van der Waals surface area contributed by atoms with E-state index in [4.69, 9.17) is 5.73 Å². The first kappa shape index (κ1) is 16.3. The summed E-state index contributed by atoms with van der Waals surface area (Å²) < 4.78 is 13.1. The molecule has 3 nitrogen and oxygen atoms in total. The van der Waals surface area contributed by atoms with Crippen LogP contribution in [0.5, 0.6) is 0 Å². The lowest BCUT2D eigenvalue weighted by Gasteiger charge is -2.12. The molecule has 0 spiro atoms. The van der Waals surface area contributed by atoms with Crippen LogP contribution in [0.1, 0.15) is 28.6 Å². The van der Waals surface area contributed by atoms with Crippen LogP contribution in [-0.2, 0) is 4.79 Å². The number of benzene rings is 2. The van der Waals surface area contributed by atoms with Crippen molar-refractivity contribution in [2.24, 2.45) is 5.73 Å². The van der Waals surface area contributed by atoms with E-state index >= 15 is 0 Å². The largest absolute Gasteiger partial charge is 0.370 e. The molecule has 0 radical (unpaired) electrons. The maximum absolute atomic E-state index is 13.1. The van der Waals surface area contributed by atoms with E-state index in [2.05, 4.69) is 4.98 Å². The van der Waals surface area contributed by atoms with Gasteiger partial charge in [-0.1, -0.05) is 42.5 Å². The number of amides is 1. The standard InChI is InChI=1S/C19H17FN2OS/c1-12-18(14-7-9-15(20)10-8-14)24-19(22-12)16(11-17(21)23)13-5-3-2-4-6-13/h2-10,16H,11H2,1H3,(H2,21,23). The van der Waals surface area contributed by atoms with Crippen LogP contribution in [0, 0.1) is 12.7 Å². The fourth-order valence-electron chi connectivity index (χ4n) is 2.67. The van der Waals surface area contributed by atoms with Gasteiger partial charge in [-0.3, -0.25) is 4.79 Å². The third-order valence-corrected chi connectivity index (χ3v) is 5.15. The van der Waals surface area contributed by atoms with Gasteiger partial charge in [-0.2, -0.15) is 0 Å². The molecule has 2 N–H and O–H groups in total. The van der Waals surface area contributed by atoms with Crippen LogP contribution in [-0.4, -0.2) is 10.9 Å². The Bertz CT molecular complexity index is 844. The Morgan fingerprint density at radius 1 is 1.17 bits per heavy atom. The van der Waals surface area contributed by atoms with Crippen molar-refractivity contribution >= 4 is 17.2 Å². The number of rotatable bonds is 5. The van der Waals surface area contributed by atoms with Crippen molar-refractivity contribution in [2.75, 3.05) is 0 Å². The van der Waals surface area contributed by atoms with Crippen LogP contribution < -0.4 is 5.73 Å². The predicted molar refractivity (Wildman–Crippen MR) is 94.3 cm³/mol. The van der Waals surface area contributed by atoms with Gasteiger partial charge in [0.15, 0.2) is 0 Å². The Balaban J connectivity index is 2.01. The molecule has 0 saturated heterocycles. The molecule has 0 aliphatic heterocycles. The number of hydrogen-bond acceptors (Lipinski definition) is 3. The van der Waals surface area contributed by atoms with Crippen molar-refractivity contribution in [1.82, 2.24) is 4.98 Å². The van der Waals surface area contributed by atoms with Crippen LogP contribution in [0.3, 0.4) is 0 Å². The van der Waals surface area contributed by atoms with E-state index in [1.54, 1.807) is 12.1 Å². The second-order valence-electron chi connectivity index (χ2n) is 5.61. The van der Waals surface area contributed by atoms with Crippen molar-refractivity contribution in [3.8, 4) is 10.4 Å². The fourth-order valence-corrected chi connectivity index (χ4v) is 3.87. The van der Waals surface area contributed by atoms with Gasteiger partial charge in [0, 0.05) is 12.3 Å². The molecule has 0 aliphatic carbocycles. The molecular weight excluding hydrogens is 323 g/mol. The zero-order valence-electron chi connectivity index (χ0n) is 13.2. The first-order valence-electron chi connectivity index (χ1n) is 7.61. The van der Waals surface area contributed by atoms with Gasteiger partial charge in [0.05, 0.1) is 10.6 Å². The van der Waals surface area contributed by atoms with Crippen LogP contribution in [0.25, 0.3) is 10.4 Å². The third kappa shape index (κ3) is 3.51. The van der Waals surface area contributed by atoms with E-state index in [0.29, 0.717) is 0 Å². The molecule has 2 aromatic carbocycles. The third-order valence-electron chi connectivity index (χ3n) is 3.82. The summed E-state index contributed by atoms with van der Waals surface area (Å²) in [5, 5.41) is 0.844. The molecule has 0 aliphatic rings. The highest BCUT2D eigenvalue weighted by atomic mass is 32.1. The average molecular weight is 340 g/mol. The van der Waals surface area contributed by atoms with Crippen LogP contribution in [0.4, 0.5) is 4.39 Å². The van der Waals surface area contributed by atoms with Gasteiger partial charge in [-0.15, -0.1) is 11.3 Å². The van der Waals surface area contributed by atoms with Gasteiger partial charge < -0.3 is 5.73 Å². The molecular formula is C19H17FN2OS. The van der Waals surface area contributed by atoms with E-state index in [1.165, 1.54) is 23.5 Å². The molecule has 1 aromatic heterocycles. The molecule has 122 valence electrons. The lowest BCUT2D eigenvalue weighted by Crippen LogP contribution is -2.16. The summed E-state index contributed by atoms with van der Waals surface area (Å²) in [7, 11) is 0. The number of hydrogen-bond donors (Lipinski definition) is 1. The number of aromatic nitrogens is 1. The smallest absolute Gasteiger partial charge is 0.218 e.